The van der Waals surface area contributed by atoms with Crippen molar-refractivity contribution >= 4 is 24.0 Å². The van der Waals surface area contributed by atoms with Crippen LogP contribution in [-0.4, -0.2) is 31.8 Å². The Hall–Kier alpha value is -1.30. The standard InChI is InChI=1S/C15H22N2O3.ClH/c1-2-20-13-5-3-4-12(10-13)17-15(18)14(16)11-6-8-19-9-7-11;/h3-5,10-11,14H,2,6-9,16H2,1H3,(H,17,18);1H. The second-order valence-corrected chi connectivity index (χ2v) is 4.93. The predicted molar refractivity (Wildman–Crippen MR) is 85.0 cm³/mol. The van der Waals surface area contributed by atoms with Crippen LogP contribution in [0.5, 0.6) is 5.75 Å². The second kappa shape index (κ2) is 8.87. The van der Waals surface area contributed by atoms with E-state index in [-0.39, 0.29) is 24.2 Å². The summed E-state index contributed by atoms with van der Waals surface area (Å²) in [4.78, 5) is 12.2. The van der Waals surface area contributed by atoms with Crippen LogP contribution in [0.4, 0.5) is 5.69 Å². The first kappa shape index (κ1) is 17.8. The molecule has 21 heavy (non-hydrogen) atoms. The van der Waals surface area contributed by atoms with E-state index in [9.17, 15) is 4.79 Å². The SMILES string of the molecule is CCOc1cccc(NC(=O)C(N)C2CCOCC2)c1.Cl. The van der Waals surface area contributed by atoms with Crippen LogP contribution in [-0.2, 0) is 9.53 Å². The molecule has 1 atom stereocenters. The first-order chi connectivity index (χ1) is 9.70. The molecule has 1 aliphatic rings. The number of hydrogen-bond donors (Lipinski definition) is 2. The quantitative estimate of drug-likeness (QED) is 0.874. The largest absolute Gasteiger partial charge is 0.494 e. The van der Waals surface area contributed by atoms with Gasteiger partial charge in [-0.2, -0.15) is 0 Å². The summed E-state index contributed by atoms with van der Waals surface area (Å²) >= 11 is 0. The Morgan fingerprint density at radius 3 is 2.86 bits per heavy atom. The van der Waals surface area contributed by atoms with Crippen molar-refractivity contribution in [2.75, 3.05) is 25.1 Å². The van der Waals surface area contributed by atoms with E-state index in [0.29, 0.717) is 25.5 Å². The van der Waals surface area contributed by atoms with Gasteiger partial charge in [0.2, 0.25) is 5.91 Å². The Kier molecular flexibility index (Phi) is 7.50. The first-order valence-corrected chi connectivity index (χ1v) is 7.07. The van der Waals surface area contributed by atoms with Crippen LogP contribution in [0.1, 0.15) is 19.8 Å². The molecule has 1 aromatic rings. The van der Waals surface area contributed by atoms with E-state index in [4.69, 9.17) is 15.2 Å². The van der Waals surface area contributed by atoms with E-state index in [1.165, 1.54) is 0 Å². The van der Waals surface area contributed by atoms with Crippen molar-refractivity contribution in [1.29, 1.82) is 0 Å². The van der Waals surface area contributed by atoms with Gasteiger partial charge in [0.1, 0.15) is 5.75 Å². The molecule has 0 aliphatic carbocycles. The highest BCUT2D eigenvalue weighted by Crippen LogP contribution is 2.20. The molecule has 0 radical (unpaired) electrons. The number of anilines is 1. The Bertz CT molecular complexity index is 450. The summed E-state index contributed by atoms with van der Waals surface area (Å²) in [7, 11) is 0. The fourth-order valence-corrected chi connectivity index (χ4v) is 2.34. The summed E-state index contributed by atoms with van der Waals surface area (Å²) in [5.41, 5.74) is 6.75. The van der Waals surface area contributed by atoms with E-state index in [2.05, 4.69) is 5.32 Å². The van der Waals surface area contributed by atoms with Gasteiger partial charge in [-0.3, -0.25) is 4.79 Å². The maximum atomic E-state index is 12.2. The average Bonchev–Trinajstić information content (AvgIpc) is 2.48. The fraction of sp³-hybridized carbons (Fsp3) is 0.533. The van der Waals surface area contributed by atoms with Gasteiger partial charge in [0.05, 0.1) is 12.6 Å². The van der Waals surface area contributed by atoms with Crippen molar-refractivity contribution in [3.8, 4) is 5.75 Å². The summed E-state index contributed by atoms with van der Waals surface area (Å²) in [6, 6.07) is 6.85. The van der Waals surface area contributed by atoms with Crippen molar-refractivity contribution in [3.05, 3.63) is 24.3 Å². The Morgan fingerprint density at radius 2 is 2.19 bits per heavy atom. The van der Waals surface area contributed by atoms with Gasteiger partial charge in [-0.1, -0.05) is 6.07 Å². The number of halogens is 1. The third kappa shape index (κ3) is 5.19. The van der Waals surface area contributed by atoms with Gasteiger partial charge in [0, 0.05) is 25.0 Å². The summed E-state index contributed by atoms with van der Waals surface area (Å²) in [5.74, 6) is 0.786. The molecule has 0 aromatic heterocycles. The van der Waals surface area contributed by atoms with Gasteiger partial charge in [0.25, 0.3) is 0 Å². The topological polar surface area (TPSA) is 73.6 Å². The van der Waals surface area contributed by atoms with Crippen LogP contribution < -0.4 is 15.8 Å². The minimum atomic E-state index is -0.491. The number of nitrogens with two attached hydrogens (primary N) is 1. The number of carbonyl (C=O) groups excluding carboxylic acids is 1. The minimum absolute atomic E-state index is 0. The number of benzene rings is 1. The van der Waals surface area contributed by atoms with Gasteiger partial charge >= 0.3 is 0 Å². The predicted octanol–water partition coefficient (Wildman–Crippen LogP) is 2.20. The molecule has 1 fully saturated rings. The van der Waals surface area contributed by atoms with Crippen LogP contribution in [0.2, 0.25) is 0 Å². The monoisotopic (exact) mass is 314 g/mol. The molecule has 1 amide bonds. The lowest BCUT2D eigenvalue weighted by molar-refractivity contribution is -0.119. The molecule has 0 spiro atoms. The van der Waals surface area contributed by atoms with Crippen molar-refractivity contribution in [2.24, 2.45) is 11.7 Å². The molecule has 1 aliphatic heterocycles. The molecule has 0 bridgehead atoms. The fourth-order valence-electron chi connectivity index (χ4n) is 2.34. The summed E-state index contributed by atoms with van der Waals surface area (Å²) < 4.78 is 10.7. The molecule has 1 unspecified atom stereocenters. The Labute approximate surface area is 131 Å². The Morgan fingerprint density at radius 1 is 1.48 bits per heavy atom. The van der Waals surface area contributed by atoms with Gasteiger partial charge in [0.15, 0.2) is 0 Å². The highest BCUT2D eigenvalue weighted by molar-refractivity contribution is 5.95. The molecule has 1 saturated heterocycles. The highest BCUT2D eigenvalue weighted by atomic mass is 35.5. The number of ether oxygens (including phenoxy) is 2. The van der Waals surface area contributed by atoms with Crippen LogP contribution >= 0.6 is 12.4 Å². The molecule has 118 valence electrons. The summed E-state index contributed by atoms with van der Waals surface area (Å²) in [5, 5.41) is 2.85. The van der Waals surface area contributed by atoms with Crippen molar-refractivity contribution < 1.29 is 14.3 Å². The maximum absolute atomic E-state index is 12.2. The highest BCUT2D eigenvalue weighted by Gasteiger charge is 2.26. The smallest absolute Gasteiger partial charge is 0.241 e. The first-order valence-electron chi connectivity index (χ1n) is 7.07. The van der Waals surface area contributed by atoms with Crippen LogP contribution in [0.3, 0.4) is 0 Å². The molecule has 6 heteroatoms. The number of amides is 1. The molecule has 5 nitrogen and oxygen atoms in total. The van der Waals surface area contributed by atoms with E-state index < -0.39 is 6.04 Å². The van der Waals surface area contributed by atoms with E-state index >= 15 is 0 Å². The van der Waals surface area contributed by atoms with E-state index in [1.54, 1.807) is 6.07 Å². The normalized spacial score (nSPS) is 16.7. The third-order valence-electron chi connectivity index (χ3n) is 3.49. The van der Waals surface area contributed by atoms with Crippen LogP contribution in [0.25, 0.3) is 0 Å². The number of hydrogen-bond acceptors (Lipinski definition) is 4. The zero-order valence-corrected chi connectivity index (χ0v) is 13.0. The molecule has 2 rings (SSSR count). The second-order valence-electron chi connectivity index (χ2n) is 4.93. The lowest BCUT2D eigenvalue weighted by atomic mass is 9.92. The van der Waals surface area contributed by atoms with Gasteiger partial charge in [-0.15, -0.1) is 12.4 Å². The molecule has 3 N–H and O–H groups in total. The molecule has 1 heterocycles. The minimum Gasteiger partial charge on any atom is -0.494 e. The summed E-state index contributed by atoms with van der Waals surface area (Å²) in [6.07, 6.45) is 1.68. The number of rotatable bonds is 5. The average molecular weight is 315 g/mol. The van der Waals surface area contributed by atoms with Gasteiger partial charge in [-0.05, 0) is 37.8 Å². The Balaban J connectivity index is 0.00000220. The molecule has 1 aromatic carbocycles. The molecule has 0 saturated carbocycles. The van der Waals surface area contributed by atoms with Gasteiger partial charge < -0.3 is 20.5 Å². The van der Waals surface area contributed by atoms with Crippen LogP contribution in [0, 0.1) is 5.92 Å². The van der Waals surface area contributed by atoms with Crippen molar-refractivity contribution in [1.82, 2.24) is 0 Å². The molecular weight excluding hydrogens is 292 g/mol. The maximum Gasteiger partial charge on any atom is 0.241 e. The third-order valence-corrected chi connectivity index (χ3v) is 3.49. The lowest BCUT2D eigenvalue weighted by Crippen LogP contribution is -2.43. The van der Waals surface area contributed by atoms with Crippen molar-refractivity contribution in [3.63, 3.8) is 0 Å². The van der Waals surface area contributed by atoms with E-state index in [1.807, 2.05) is 25.1 Å². The zero-order valence-electron chi connectivity index (χ0n) is 12.2. The zero-order chi connectivity index (χ0) is 14.4. The van der Waals surface area contributed by atoms with E-state index in [0.717, 1.165) is 18.6 Å². The van der Waals surface area contributed by atoms with Crippen LogP contribution in [0.15, 0.2) is 24.3 Å². The summed E-state index contributed by atoms with van der Waals surface area (Å²) in [6.45, 7) is 3.89. The number of nitrogens with one attached hydrogen (secondary N) is 1. The number of carbonyl (C=O) groups is 1. The lowest BCUT2D eigenvalue weighted by Gasteiger charge is -2.26. The molecular formula is C15H23ClN2O3. The van der Waals surface area contributed by atoms with Crippen molar-refractivity contribution in [2.45, 2.75) is 25.8 Å². The van der Waals surface area contributed by atoms with Gasteiger partial charge in [-0.25, -0.2) is 0 Å².